The molecule has 0 aromatic heterocycles. The van der Waals surface area contributed by atoms with Gasteiger partial charge in [0.25, 0.3) is 0 Å². The molecule has 2 nitrogen and oxygen atoms in total. The predicted octanol–water partition coefficient (Wildman–Crippen LogP) is 3.86. The Kier molecular flexibility index (Phi) is 4.11. The molecule has 3 heteroatoms. The second kappa shape index (κ2) is 4.49. The van der Waals surface area contributed by atoms with Gasteiger partial charge in [0.15, 0.2) is 0 Å². The molecule has 1 rings (SSSR count). The summed E-state index contributed by atoms with van der Waals surface area (Å²) in [6, 6.07) is 0. The van der Waals surface area contributed by atoms with Crippen molar-refractivity contribution in [1.29, 1.82) is 0 Å². The number of nitrogens with zero attached hydrogens (tertiary/aromatic N) is 1. The van der Waals surface area contributed by atoms with Crippen LogP contribution in [0.25, 0.3) is 0 Å². The predicted molar refractivity (Wildman–Crippen MR) is 72.6 cm³/mol. The Hall–Kier alpha value is 0.650. The minimum absolute atomic E-state index is 0.0525. The van der Waals surface area contributed by atoms with Gasteiger partial charge >= 0.3 is 0 Å². The van der Waals surface area contributed by atoms with E-state index >= 15 is 0 Å². The highest BCUT2D eigenvalue weighted by Crippen LogP contribution is 2.46. The molecule has 1 aliphatic heterocycles. The number of halogens is 1. The molecule has 1 N–H and O–H groups in total. The van der Waals surface area contributed by atoms with Crippen LogP contribution in [-0.4, -0.2) is 25.3 Å². The van der Waals surface area contributed by atoms with Gasteiger partial charge in [-0.3, -0.25) is 0 Å². The molecular formula is C12H24INO. The third-order valence-corrected chi connectivity index (χ3v) is 6.15. The van der Waals surface area contributed by atoms with E-state index in [1.54, 1.807) is 5.06 Å². The molecule has 1 aliphatic rings. The quantitative estimate of drug-likeness (QED) is 0.616. The Labute approximate surface area is 108 Å². The molecule has 0 spiro atoms. The summed E-state index contributed by atoms with van der Waals surface area (Å²) >= 11 is 2.55. The zero-order chi connectivity index (χ0) is 11.9. The van der Waals surface area contributed by atoms with Crippen molar-refractivity contribution in [3.05, 3.63) is 0 Å². The monoisotopic (exact) mass is 325 g/mol. The van der Waals surface area contributed by atoms with Gasteiger partial charge in [-0.25, -0.2) is 0 Å². The Morgan fingerprint density at radius 2 is 1.87 bits per heavy atom. The van der Waals surface area contributed by atoms with E-state index in [1.165, 1.54) is 0 Å². The van der Waals surface area contributed by atoms with Gasteiger partial charge in [0.2, 0.25) is 0 Å². The van der Waals surface area contributed by atoms with Gasteiger partial charge in [-0.2, -0.15) is 5.06 Å². The van der Waals surface area contributed by atoms with Crippen LogP contribution in [0.2, 0.25) is 0 Å². The van der Waals surface area contributed by atoms with Crippen LogP contribution < -0.4 is 0 Å². The van der Waals surface area contributed by atoms with Crippen molar-refractivity contribution < 1.29 is 5.21 Å². The maximum Gasteiger partial charge on any atom is 0.0471 e. The number of hydrogen-bond acceptors (Lipinski definition) is 2. The van der Waals surface area contributed by atoms with Crippen molar-refractivity contribution in [3.63, 3.8) is 0 Å². The lowest BCUT2D eigenvalue weighted by Crippen LogP contribution is -2.65. The maximum absolute atomic E-state index is 10.5. The van der Waals surface area contributed by atoms with Gasteiger partial charge in [0, 0.05) is 15.0 Å². The molecule has 90 valence electrons. The second-order valence-electron chi connectivity index (χ2n) is 5.38. The summed E-state index contributed by atoms with van der Waals surface area (Å²) in [4.78, 5) is 0. The summed E-state index contributed by atoms with van der Waals surface area (Å²) in [5, 5.41) is 12.1. The lowest BCUT2D eigenvalue weighted by molar-refractivity contribution is -0.266. The van der Waals surface area contributed by atoms with Gasteiger partial charge in [0.05, 0.1) is 0 Å². The van der Waals surface area contributed by atoms with Crippen molar-refractivity contribution in [2.75, 3.05) is 0 Å². The van der Waals surface area contributed by atoms with E-state index in [-0.39, 0.29) is 11.1 Å². The molecule has 15 heavy (non-hydrogen) atoms. The van der Waals surface area contributed by atoms with Gasteiger partial charge < -0.3 is 5.21 Å². The summed E-state index contributed by atoms with van der Waals surface area (Å²) in [6.07, 6.45) is 3.09. The Bertz CT molecular complexity index is 236. The van der Waals surface area contributed by atoms with Gasteiger partial charge in [-0.1, -0.05) is 43.4 Å². The number of rotatable bonds is 2. The molecule has 0 radical (unpaired) electrons. The van der Waals surface area contributed by atoms with Crippen molar-refractivity contribution in [1.82, 2.24) is 5.06 Å². The Morgan fingerprint density at radius 1 is 1.33 bits per heavy atom. The fraction of sp³-hybridized carbons (Fsp3) is 1.00. The summed E-state index contributed by atoms with van der Waals surface area (Å²) in [5.41, 5.74) is -0.127. The van der Waals surface area contributed by atoms with Crippen LogP contribution in [0.5, 0.6) is 0 Å². The topological polar surface area (TPSA) is 23.5 Å². The molecule has 0 amide bonds. The van der Waals surface area contributed by atoms with E-state index < -0.39 is 0 Å². The number of hydroxylamine groups is 2. The molecule has 0 aromatic carbocycles. The van der Waals surface area contributed by atoms with Crippen molar-refractivity contribution in [2.24, 2.45) is 5.92 Å². The van der Waals surface area contributed by atoms with E-state index in [0.29, 0.717) is 9.84 Å². The van der Waals surface area contributed by atoms with Crippen LogP contribution in [0, 0.1) is 5.92 Å². The minimum atomic E-state index is -0.0745. The molecule has 1 saturated heterocycles. The standard InChI is InChI=1S/C12H24INO/c1-6-11(4)8-10(13)9(3)12(5,7-2)14(11)15/h9-10,15H,6-8H2,1-5H3. The van der Waals surface area contributed by atoms with Crippen molar-refractivity contribution in [2.45, 2.75) is 68.9 Å². The van der Waals surface area contributed by atoms with Crippen LogP contribution >= 0.6 is 22.6 Å². The van der Waals surface area contributed by atoms with Crippen LogP contribution in [-0.2, 0) is 0 Å². The first-order valence-electron chi connectivity index (χ1n) is 5.95. The first-order valence-corrected chi connectivity index (χ1v) is 7.19. The maximum atomic E-state index is 10.5. The zero-order valence-electron chi connectivity index (χ0n) is 10.5. The Balaban J connectivity index is 3.05. The van der Waals surface area contributed by atoms with Gasteiger partial charge in [-0.05, 0) is 39.0 Å². The highest BCUT2D eigenvalue weighted by molar-refractivity contribution is 14.1. The SMILES string of the molecule is CCC1(C)CC(I)C(C)C(C)(CC)N1O. The lowest BCUT2D eigenvalue weighted by atomic mass is 9.71. The third-order valence-electron chi connectivity index (χ3n) is 4.63. The average Bonchev–Trinajstić information content (AvgIpc) is 2.23. The highest BCUT2D eigenvalue weighted by Gasteiger charge is 2.51. The van der Waals surface area contributed by atoms with E-state index in [1.807, 2.05) is 0 Å². The van der Waals surface area contributed by atoms with Gasteiger partial charge in [-0.15, -0.1) is 0 Å². The summed E-state index contributed by atoms with van der Waals surface area (Å²) < 4.78 is 0.654. The first-order chi connectivity index (χ1) is 6.81. The number of alkyl halides is 1. The van der Waals surface area contributed by atoms with E-state index in [4.69, 9.17) is 0 Å². The summed E-state index contributed by atoms with van der Waals surface area (Å²) in [5.74, 6) is 0.535. The lowest BCUT2D eigenvalue weighted by Gasteiger charge is -2.56. The molecule has 0 bridgehead atoms. The fourth-order valence-corrected chi connectivity index (χ4v) is 4.37. The van der Waals surface area contributed by atoms with Crippen LogP contribution in [0.1, 0.15) is 53.9 Å². The van der Waals surface area contributed by atoms with Crippen LogP contribution in [0.15, 0.2) is 0 Å². The Morgan fingerprint density at radius 3 is 2.27 bits per heavy atom. The number of hydrogen-bond donors (Lipinski definition) is 1. The van der Waals surface area contributed by atoms with E-state index in [9.17, 15) is 5.21 Å². The molecule has 1 heterocycles. The smallest absolute Gasteiger partial charge is 0.0471 e. The van der Waals surface area contributed by atoms with Crippen molar-refractivity contribution in [3.8, 4) is 0 Å². The molecule has 0 saturated carbocycles. The molecule has 1 fully saturated rings. The van der Waals surface area contributed by atoms with E-state index in [0.717, 1.165) is 19.3 Å². The normalized spacial score (nSPS) is 48.2. The number of piperidine rings is 1. The summed E-state index contributed by atoms with van der Waals surface area (Å²) in [7, 11) is 0. The highest BCUT2D eigenvalue weighted by atomic mass is 127. The van der Waals surface area contributed by atoms with Crippen LogP contribution in [0.4, 0.5) is 0 Å². The second-order valence-corrected chi connectivity index (χ2v) is 6.98. The average molecular weight is 325 g/mol. The molecule has 0 aromatic rings. The largest absolute Gasteiger partial charge is 0.313 e. The van der Waals surface area contributed by atoms with Crippen molar-refractivity contribution >= 4 is 22.6 Å². The molecule has 0 aliphatic carbocycles. The molecule has 4 unspecified atom stereocenters. The third kappa shape index (κ3) is 2.07. The summed E-state index contributed by atoms with van der Waals surface area (Å²) in [6.45, 7) is 11.0. The fourth-order valence-electron chi connectivity index (χ4n) is 2.65. The first kappa shape index (κ1) is 13.7. The zero-order valence-corrected chi connectivity index (χ0v) is 12.7. The minimum Gasteiger partial charge on any atom is -0.313 e. The van der Waals surface area contributed by atoms with Crippen LogP contribution in [0.3, 0.4) is 0 Å². The molecule has 4 atom stereocenters. The van der Waals surface area contributed by atoms with E-state index in [2.05, 4.69) is 57.2 Å². The molecular weight excluding hydrogens is 301 g/mol. The van der Waals surface area contributed by atoms with Gasteiger partial charge in [0.1, 0.15) is 0 Å².